The van der Waals surface area contributed by atoms with Crippen LogP contribution in [0.15, 0.2) is 17.0 Å². The van der Waals surface area contributed by atoms with E-state index in [1.165, 1.54) is 13.0 Å². The fraction of sp³-hybridized carbons (Fsp3) is 0.500. The zero-order chi connectivity index (χ0) is 16.2. The van der Waals surface area contributed by atoms with Crippen LogP contribution in [0.2, 0.25) is 0 Å². The Balaban J connectivity index is 3.00. The first-order chi connectivity index (χ1) is 9.69. The van der Waals surface area contributed by atoms with Crippen molar-refractivity contribution in [3.8, 4) is 0 Å². The van der Waals surface area contributed by atoms with Crippen LogP contribution in [0, 0.1) is 13.8 Å². The van der Waals surface area contributed by atoms with Gasteiger partial charge < -0.3 is 11.1 Å². The van der Waals surface area contributed by atoms with E-state index in [9.17, 15) is 13.2 Å². The Morgan fingerprint density at radius 3 is 2.52 bits per heavy atom. The number of nitrogen functional groups attached to an aromatic ring is 1. The molecule has 1 aromatic rings. The van der Waals surface area contributed by atoms with E-state index >= 15 is 0 Å². The lowest BCUT2D eigenvalue weighted by Crippen LogP contribution is -2.45. The number of anilines is 1. The second kappa shape index (κ2) is 6.91. The summed E-state index contributed by atoms with van der Waals surface area (Å²) in [6, 6.07) is 2.27. The summed E-state index contributed by atoms with van der Waals surface area (Å²) in [4.78, 5) is 11.9. The molecule has 21 heavy (non-hydrogen) atoms. The molecule has 0 spiro atoms. The van der Waals surface area contributed by atoms with Crippen LogP contribution in [-0.4, -0.2) is 26.9 Å². The number of benzene rings is 1. The molecule has 0 heterocycles. The molecule has 0 aliphatic rings. The lowest BCUT2D eigenvalue weighted by molar-refractivity contribution is -0.122. The highest BCUT2D eigenvalue weighted by Gasteiger charge is 2.24. The number of aryl methyl sites for hydroxylation is 1. The quantitative estimate of drug-likeness (QED) is 0.684. The minimum Gasteiger partial charge on any atom is -0.399 e. The first kappa shape index (κ1) is 17.5. The largest absolute Gasteiger partial charge is 0.399 e. The number of hydrogen-bond acceptors (Lipinski definition) is 4. The van der Waals surface area contributed by atoms with Gasteiger partial charge in [-0.2, -0.15) is 4.72 Å². The molecule has 1 atom stereocenters. The van der Waals surface area contributed by atoms with Crippen LogP contribution in [0.1, 0.15) is 31.4 Å². The summed E-state index contributed by atoms with van der Waals surface area (Å²) in [7, 11) is -3.80. The number of carbonyl (C=O) groups excluding carboxylic acids is 1. The topological polar surface area (TPSA) is 101 Å². The maximum absolute atomic E-state index is 12.4. The molecular weight excluding hydrogens is 290 g/mol. The first-order valence-corrected chi connectivity index (χ1v) is 8.34. The molecule has 6 nitrogen and oxygen atoms in total. The van der Waals surface area contributed by atoms with E-state index in [1.54, 1.807) is 19.9 Å². The molecule has 0 saturated carbocycles. The lowest BCUT2D eigenvalue weighted by Gasteiger charge is -2.16. The highest BCUT2D eigenvalue weighted by Crippen LogP contribution is 2.22. The highest BCUT2D eigenvalue weighted by molar-refractivity contribution is 7.89. The van der Waals surface area contributed by atoms with E-state index in [-0.39, 0.29) is 10.8 Å². The molecule has 0 aromatic heterocycles. The third-order valence-corrected chi connectivity index (χ3v) is 4.87. The molecule has 1 amide bonds. The van der Waals surface area contributed by atoms with Gasteiger partial charge in [-0.05, 0) is 50.5 Å². The molecule has 0 bridgehead atoms. The van der Waals surface area contributed by atoms with E-state index in [4.69, 9.17) is 5.73 Å². The summed E-state index contributed by atoms with van der Waals surface area (Å²) in [6.45, 7) is 7.46. The molecule has 0 aliphatic carbocycles. The zero-order valence-corrected chi connectivity index (χ0v) is 13.7. The van der Waals surface area contributed by atoms with Gasteiger partial charge in [0.15, 0.2) is 0 Å². The Bertz CT molecular complexity index is 627. The van der Waals surface area contributed by atoms with E-state index < -0.39 is 16.1 Å². The number of sulfonamides is 1. The Labute approximate surface area is 126 Å². The summed E-state index contributed by atoms with van der Waals surface area (Å²) in [5.74, 6) is -0.348. The van der Waals surface area contributed by atoms with Crippen molar-refractivity contribution in [1.82, 2.24) is 10.0 Å². The smallest absolute Gasteiger partial charge is 0.241 e. The SMILES string of the molecule is CCCNC(=O)C(C)NS(=O)(=O)c1cc(N)cc(C)c1C. The van der Waals surface area contributed by atoms with E-state index in [0.717, 1.165) is 12.0 Å². The van der Waals surface area contributed by atoms with Crippen molar-refractivity contribution in [3.63, 3.8) is 0 Å². The zero-order valence-electron chi connectivity index (χ0n) is 12.9. The van der Waals surface area contributed by atoms with Crippen molar-refractivity contribution in [1.29, 1.82) is 0 Å². The van der Waals surface area contributed by atoms with Gasteiger partial charge in [-0.1, -0.05) is 6.92 Å². The maximum Gasteiger partial charge on any atom is 0.241 e. The fourth-order valence-corrected chi connectivity index (χ4v) is 3.44. The summed E-state index contributed by atoms with van der Waals surface area (Å²) < 4.78 is 27.2. The van der Waals surface area contributed by atoms with Crippen molar-refractivity contribution in [2.24, 2.45) is 0 Å². The molecule has 0 fully saturated rings. The molecule has 7 heteroatoms. The number of carbonyl (C=O) groups is 1. The van der Waals surface area contributed by atoms with Crippen molar-refractivity contribution in [3.05, 3.63) is 23.3 Å². The molecule has 1 unspecified atom stereocenters. The molecule has 1 aromatic carbocycles. The van der Waals surface area contributed by atoms with E-state index in [2.05, 4.69) is 10.0 Å². The van der Waals surface area contributed by atoms with Crippen LogP contribution in [-0.2, 0) is 14.8 Å². The van der Waals surface area contributed by atoms with Gasteiger partial charge in [-0.3, -0.25) is 4.79 Å². The molecular formula is C14H23N3O3S. The summed E-state index contributed by atoms with van der Waals surface area (Å²) in [5.41, 5.74) is 7.50. The van der Waals surface area contributed by atoms with Crippen LogP contribution < -0.4 is 15.8 Å². The van der Waals surface area contributed by atoms with Crippen molar-refractivity contribution >= 4 is 21.6 Å². The molecule has 0 aliphatic heterocycles. The number of nitrogens with one attached hydrogen (secondary N) is 2. The van der Waals surface area contributed by atoms with Gasteiger partial charge in [0.25, 0.3) is 0 Å². The van der Waals surface area contributed by atoms with Gasteiger partial charge in [0.05, 0.1) is 10.9 Å². The molecule has 0 radical (unpaired) electrons. The minimum atomic E-state index is -3.80. The Kier molecular flexibility index (Phi) is 5.74. The van der Waals surface area contributed by atoms with E-state index in [1.807, 2.05) is 6.92 Å². The number of amides is 1. The summed E-state index contributed by atoms with van der Waals surface area (Å²) in [5, 5.41) is 2.65. The van der Waals surface area contributed by atoms with Gasteiger partial charge in [0, 0.05) is 12.2 Å². The monoisotopic (exact) mass is 313 g/mol. The Morgan fingerprint density at radius 2 is 1.95 bits per heavy atom. The number of rotatable bonds is 6. The third kappa shape index (κ3) is 4.44. The Morgan fingerprint density at radius 1 is 1.33 bits per heavy atom. The average Bonchev–Trinajstić information content (AvgIpc) is 2.39. The normalized spacial score (nSPS) is 13.0. The van der Waals surface area contributed by atoms with Crippen LogP contribution in [0.3, 0.4) is 0 Å². The van der Waals surface area contributed by atoms with Gasteiger partial charge in [0.2, 0.25) is 15.9 Å². The second-order valence-electron chi connectivity index (χ2n) is 5.09. The fourth-order valence-electron chi connectivity index (χ4n) is 1.88. The van der Waals surface area contributed by atoms with Gasteiger partial charge in [-0.25, -0.2) is 8.42 Å². The summed E-state index contributed by atoms with van der Waals surface area (Å²) >= 11 is 0. The second-order valence-corrected chi connectivity index (χ2v) is 6.78. The van der Waals surface area contributed by atoms with Crippen molar-refractivity contribution in [2.75, 3.05) is 12.3 Å². The molecule has 1 rings (SSSR count). The van der Waals surface area contributed by atoms with Crippen LogP contribution in [0.25, 0.3) is 0 Å². The highest BCUT2D eigenvalue weighted by atomic mass is 32.2. The Hall–Kier alpha value is -1.60. The maximum atomic E-state index is 12.4. The molecule has 4 N–H and O–H groups in total. The molecule has 0 saturated heterocycles. The van der Waals surface area contributed by atoms with Crippen molar-refractivity contribution < 1.29 is 13.2 Å². The van der Waals surface area contributed by atoms with Gasteiger partial charge >= 0.3 is 0 Å². The summed E-state index contributed by atoms with van der Waals surface area (Å²) in [6.07, 6.45) is 0.790. The molecule has 118 valence electrons. The van der Waals surface area contributed by atoms with Crippen molar-refractivity contribution in [2.45, 2.75) is 45.1 Å². The third-order valence-electron chi connectivity index (χ3n) is 3.21. The lowest BCUT2D eigenvalue weighted by atomic mass is 10.1. The van der Waals surface area contributed by atoms with Gasteiger partial charge in [0.1, 0.15) is 0 Å². The van der Waals surface area contributed by atoms with Crippen LogP contribution in [0.4, 0.5) is 5.69 Å². The average molecular weight is 313 g/mol. The predicted molar refractivity (Wildman–Crippen MR) is 83.4 cm³/mol. The van der Waals surface area contributed by atoms with Crippen LogP contribution >= 0.6 is 0 Å². The van der Waals surface area contributed by atoms with E-state index in [0.29, 0.717) is 17.8 Å². The number of hydrogen-bond donors (Lipinski definition) is 3. The number of nitrogens with two attached hydrogens (primary N) is 1. The standard InChI is InChI=1S/C14H23N3O3S/c1-5-6-16-14(18)11(4)17-21(19,20)13-8-12(15)7-9(2)10(13)3/h7-8,11,17H,5-6,15H2,1-4H3,(H,16,18). The van der Waals surface area contributed by atoms with Crippen LogP contribution in [0.5, 0.6) is 0 Å². The van der Waals surface area contributed by atoms with Gasteiger partial charge in [-0.15, -0.1) is 0 Å². The first-order valence-electron chi connectivity index (χ1n) is 6.85. The minimum absolute atomic E-state index is 0.107. The predicted octanol–water partition coefficient (Wildman–Crippen LogP) is 1.08.